The minimum absolute atomic E-state index is 0.762. The van der Waals surface area contributed by atoms with Gasteiger partial charge in [-0.2, -0.15) is 0 Å². The van der Waals surface area contributed by atoms with Crippen LogP contribution in [0.4, 0.5) is 0 Å². The van der Waals surface area contributed by atoms with E-state index in [4.69, 9.17) is 4.98 Å². The van der Waals surface area contributed by atoms with Gasteiger partial charge in [-0.3, -0.25) is 0 Å². The van der Waals surface area contributed by atoms with E-state index in [0.29, 0.717) is 0 Å². The average molecular weight is 342 g/mol. The number of thiophene rings is 1. The molecule has 4 rings (SSSR count). The van der Waals surface area contributed by atoms with Crippen LogP contribution in [0.15, 0.2) is 51.1 Å². The molecule has 0 saturated heterocycles. The van der Waals surface area contributed by atoms with Crippen molar-refractivity contribution in [2.75, 3.05) is 0 Å². The van der Waals surface area contributed by atoms with E-state index in [1.807, 2.05) is 48.7 Å². The molecule has 0 N–H and O–H groups in total. The fraction of sp³-hybridized carbons (Fsp3) is 0.0667. The Balaban J connectivity index is 1.87. The molecule has 3 heterocycles. The molecule has 108 valence electrons. The number of aryl methyl sites for hydroxylation is 1. The monoisotopic (exact) mass is 342 g/mol. The highest BCUT2D eigenvalue weighted by atomic mass is 32.2. The molecule has 0 fully saturated rings. The number of rotatable bonds is 3. The summed E-state index contributed by atoms with van der Waals surface area (Å²) in [7, 11) is 0. The van der Waals surface area contributed by atoms with E-state index in [9.17, 15) is 0 Å². The van der Waals surface area contributed by atoms with E-state index >= 15 is 0 Å². The van der Waals surface area contributed by atoms with Crippen molar-refractivity contribution < 1.29 is 0 Å². The standard InChI is InChI=1S/C15H10N4S3/c1-9-18-19-15(21-9)22-14-10-5-2-3-6-11(10)16-13(17-14)12-7-4-8-20-12/h2-8H,1H3. The molecule has 0 saturated carbocycles. The van der Waals surface area contributed by atoms with E-state index in [1.54, 1.807) is 34.4 Å². The quantitative estimate of drug-likeness (QED) is 0.506. The van der Waals surface area contributed by atoms with Crippen LogP contribution in [0.2, 0.25) is 0 Å². The third-order valence-corrected chi connectivity index (χ3v) is 5.76. The first-order chi connectivity index (χ1) is 10.8. The van der Waals surface area contributed by atoms with Gasteiger partial charge in [0, 0.05) is 5.39 Å². The predicted octanol–water partition coefficient (Wildman–Crippen LogP) is 4.67. The number of hydrogen-bond acceptors (Lipinski definition) is 7. The van der Waals surface area contributed by atoms with Gasteiger partial charge in [0.25, 0.3) is 0 Å². The van der Waals surface area contributed by atoms with Gasteiger partial charge in [0.1, 0.15) is 10.0 Å². The van der Waals surface area contributed by atoms with Crippen molar-refractivity contribution in [1.82, 2.24) is 20.2 Å². The van der Waals surface area contributed by atoms with E-state index in [2.05, 4.69) is 15.2 Å². The van der Waals surface area contributed by atoms with Crippen molar-refractivity contribution in [3.05, 3.63) is 46.8 Å². The van der Waals surface area contributed by atoms with Gasteiger partial charge in [0.2, 0.25) is 0 Å². The van der Waals surface area contributed by atoms with Gasteiger partial charge in [-0.1, -0.05) is 35.6 Å². The Bertz CT molecular complexity index is 931. The molecule has 0 atom stereocenters. The lowest BCUT2D eigenvalue weighted by atomic mass is 10.2. The van der Waals surface area contributed by atoms with E-state index < -0.39 is 0 Å². The fourth-order valence-corrected chi connectivity index (χ4v) is 4.54. The Kier molecular flexibility index (Phi) is 3.61. The maximum absolute atomic E-state index is 4.75. The van der Waals surface area contributed by atoms with Crippen LogP contribution in [0.25, 0.3) is 21.6 Å². The molecule has 0 spiro atoms. The summed E-state index contributed by atoms with van der Waals surface area (Å²) < 4.78 is 0.901. The molecule has 4 aromatic rings. The molecule has 22 heavy (non-hydrogen) atoms. The molecule has 7 heteroatoms. The highest BCUT2D eigenvalue weighted by molar-refractivity contribution is 8.01. The molecule has 3 aromatic heterocycles. The number of fused-ring (bicyclic) bond motifs is 1. The first-order valence-electron chi connectivity index (χ1n) is 6.58. The third kappa shape index (κ3) is 2.63. The molecular formula is C15H10N4S3. The molecule has 1 aromatic carbocycles. The zero-order chi connectivity index (χ0) is 14.9. The van der Waals surface area contributed by atoms with Crippen molar-refractivity contribution in [3.63, 3.8) is 0 Å². The van der Waals surface area contributed by atoms with Crippen LogP contribution in [-0.2, 0) is 0 Å². The maximum atomic E-state index is 4.75. The Hall–Kier alpha value is -1.83. The number of hydrogen-bond donors (Lipinski definition) is 0. The summed E-state index contributed by atoms with van der Waals surface area (Å²) in [6, 6.07) is 12.1. The minimum Gasteiger partial charge on any atom is -0.227 e. The lowest BCUT2D eigenvalue weighted by Crippen LogP contribution is -1.92. The van der Waals surface area contributed by atoms with E-state index in [1.165, 1.54) is 0 Å². The molecule has 4 nitrogen and oxygen atoms in total. The molecule has 0 aliphatic heterocycles. The van der Waals surface area contributed by atoms with E-state index in [-0.39, 0.29) is 0 Å². The van der Waals surface area contributed by atoms with Crippen LogP contribution < -0.4 is 0 Å². The minimum atomic E-state index is 0.762. The van der Waals surface area contributed by atoms with Gasteiger partial charge in [-0.25, -0.2) is 9.97 Å². The van der Waals surface area contributed by atoms with Crippen LogP contribution in [0.3, 0.4) is 0 Å². The van der Waals surface area contributed by atoms with Crippen LogP contribution in [0.1, 0.15) is 5.01 Å². The smallest absolute Gasteiger partial charge is 0.180 e. The van der Waals surface area contributed by atoms with Crippen LogP contribution in [0.5, 0.6) is 0 Å². The lowest BCUT2D eigenvalue weighted by Gasteiger charge is -2.05. The van der Waals surface area contributed by atoms with Gasteiger partial charge >= 0.3 is 0 Å². The summed E-state index contributed by atoms with van der Waals surface area (Å²) in [5.74, 6) is 0.762. The SMILES string of the molecule is Cc1nnc(Sc2nc(-c3cccs3)nc3ccccc23)s1. The maximum Gasteiger partial charge on any atom is 0.180 e. The lowest BCUT2D eigenvalue weighted by molar-refractivity contribution is 0.981. The van der Waals surface area contributed by atoms with E-state index in [0.717, 1.165) is 36.0 Å². The Morgan fingerprint density at radius 3 is 2.68 bits per heavy atom. The Labute approximate surface area is 139 Å². The van der Waals surface area contributed by atoms with Gasteiger partial charge in [0.15, 0.2) is 10.2 Å². The average Bonchev–Trinajstić information content (AvgIpc) is 3.19. The number of benzene rings is 1. The summed E-state index contributed by atoms with van der Waals surface area (Å²) in [5.41, 5.74) is 0.949. The highest BCUT2D eigenvalue weighted by Crippen LogP contribution is 2.35. The Morgan fingerprint density at radius 1 is 1.00 bits per heavy atom. The zero-order valence-corrected chi connectivity index (χ0v) is 14.0. The molecule has 0 aliphatic carbocycles. The van der Waals surface area contributed by atoms with Crippen LogP contribution >= 0.6 is 34.4 Å². The summed E-state index contributed by atoms with van der Waals surface area (Å²) in [6.07, 6.45) is 0. The molecular weight excluding hydrogens is 332 g/mol. The van der Waals surface area contributed by atoms with Crippen LogP contribution in [-0.4, -0.2) is 20.2 Å². The fourth-order valence-electron chi connectivity index (χ4n) is 2.04. The third-order valence-electron chi connectivity index (χ3n) is 3.00. The van der Waals surface area contributed by atoms with Crippen LogP contribution in [0, 0.1) is 6.92 Å². The number of para-hydroxylation sites is 1. The zero-order valence-electron chi connectivity index (χ0n) is 11.6. The Morgan fingerprint density at radius 2 is 1.91 bits per heavy atom. The van der Waals surface area contributed by atoms with Crippen molar-refractivity contribution in [2.45, 2.75) is 16.3 Å². The molecule has 0 amide bonds. The largest absolute Gasteiger partial charge is 0.227 e. The summed E-state index contributed by atoms with van der Waals surface area (Å²) >= 11 is 4.77. The van der Waals surface area contributed by atoms with Crippen molar-refractivity contribution >= 4 is 45.3 Å². The molecule has 0 aliphatic rings. The normalized spacial score (nSPS) is 11.1. The number of nitrogens with zero attached hydrogens (tertiary/aromatic N) is 4. The van der Waals surface area contributed by atoms with Crippen molar-refractivity contribution in [3.8, 4) is 10.7 Å². The van der Waals surface area contributed by atoms with Gasteiger partial charge in [-0.15, -0.1) is 21.5 Å². The molecule has 0 radical (unpaired) electrons. The first kappa shape index (κ1) is 13.8. The van der Waals surface area contributed by atoms with Gasteiger partial charge < -0.3 is 0 Å². The summed E-state index contributed by atoms with van der Waals surface area (Å²) in [6.45, 7) is 1.96. The number of aromatic nitrogens is 4. The molecule has 0 bridgehead atoms. The highest BCUT2D eigenvalue weighted by Gasteiger charge is 2.13. The molecule has 0 unspecified atom stereocenters. The summed E-state index contributed by atoms with van der Waals surface area (Å²) in [4.78, 5) is 10.5. The predicted molar refractivity (Wildman–Crippen MR) is 91.6 cm³/mol. The summed E-state index contributed by atoms with van der Waals surface area (Å²) in [5, 5.41) is 13.2. The topological polar surface area (TPSA) is 51.6 Å². The van der Waals surface area contributed by atoms with Gasteiger partial charge in [-0.05, 0) is 36.2 Å². The first-order valence-corrected chi connectivity index (χ1v) is 9.09. The van der Waals surface area contributed by atoms with Crippen molar-refractivity contribution in [1.29, 1.82) is 0 Å². The van der Waals surface area contributed by atoms with Gasteiger partial charge in [0.05, 0.1) is 10.4 Å². The van der Waals surface area contributed by atoms with Crippen molar-refractivity contribution in [2.24, 2.45) is 0 Å². The second-order valence-electron chi connectivity index (χ2n) is 4.54. The second kappa shape index (κ2) is 5.75. The second-order valence-corrected chi connectivity index (χ2v) is 7.90.